The SMILES string of the molecule is C=C(C(=O)O)C(CCOCC)(CC(=O)OC(C)c1ccccc1)C(=O)O. The van der Waals surface area contributed by atoms with E-state index in [9.17, 15) is 24.6 Å². The third kappa shape index (κ3) is 5.42. The van der Waals surface area contributed by atoms with E-state index in [1.807, 2.05) is 6.07 Å². The highest BCUT2D eigenvalue weighted by Crippen LogP contribution is 2.36. The minimum Gasteiger partial charge on any atom is -0.481 e. The molecule has 1 aromatic rings. The number of ether oxygens (including phenoxy) is 2. The van der Waals surface area contributed by atoms with Gasteiger partial charge in [-0.25, -0.2) is 4.79 Å². The number of hydrogen-bond acceptors (Lipinski definition) is 5. The first-order valence-electron chi connectivity index (χ1n) is 8.22. The number of carboxylic acid groups (broad SMARTS) is 2. The third-order valence-corrected chi connectivity index (χ3v) is 4.15. The summed E-state index contributed by atoms with van der Waals surface area (Å²) in [7, 11) is 0. The molecule has 0 aliphatic heterocycles. The number of carboxylic acids is 2. The van der Waals surface area contributed by atoms with Crippen molar-refractivity contribution in [1.29, 1.82) is 0 Å². The highest BCUT2D eigenvalue weighted by Gasteiger charge is 2.46. The summed E-state index contributed by atoms with van der Waals surface area (Å²) in [6, 6.07) is 8.94. The van der Waals surface area contributed by atoms with Crippen LogP contribution in [0.2, 0.25) is 0 Å². The van der Waals surface area contributed by atoms with Crippen LogP contribution in [0.5, 0.6) is 0 Å². The van der Waals surface area contributed by atoms with Crippen LogP contribution in [0, 0.1) is 5.41 Å². The summed E-state index contributed by atoms with van der Waals surface area (Å²) in [5, 5.41) is 18.9. The fourth-order valence-electron chi connectivity index (χ4n) is 2.53. The summed E-state index contributed by atoms with van der Waals surface area (Å²) in [5.41, 5.74) is -1.82. The molecule has 0 spiro atoms. The Kier molecular flexibility index (Phi) is 7.99. The number of benzene rings is 1. The molecule has 0 aliphatic rings. The summed E-state index contributed by atoms with van der Waals surface area (Å²) >= 11 is 0. The van der Waals surface area contributed by atoms with E-state index in [4.69, 9.17) is 9.47 Å². The molecule has 0 bridgehead atoms. The Hall–Kier alpha value is -2.67. The monoisotopic (exact) mass is 364 g/mol. The van der Waals surface area contributed by atoms with Crippen molar-refractivity contribution in [3.8, 4) is 0 Å². The molecule has 7 heteroatoms. The lowest BCUT2D eigenvalue weighted by Crippen LogP contribution is -2.39. The average molecular weight is 364 g/mol. The Morgan fingerprint density at radius 3 is 2.31 bits per heavy atom. The molecule has 1 rings (SSSR count). The quantitative estimate of drug-likeness (QED) is 0.353. The molecule has 0 amide bonds. The lowest BCUT2D eigenvalue weighted by atomic mass is 9.75. The van der Waals surface area contributed by atoms with E-state index in [0.717, 1.165) is 5.56 Å². The van der Waals surface area contributed by atoms with Crippen molar-refractivity contribution in [3.63, 3.8) is 0 Å². The van der Waals surface area contributed by atoms with Gasteiger partial charge in [0.25, 0.3) is 0 Å². The Bertz CT molecular complexity index is 653. The van der Waals surface area contributed by atoms with Gasteiger partial charge in [0, 0.05) is 18.8 Å². The highest BCUT2D eigenvalue weighted by atomic mass is 16.5. The Balaban J connectivity index is 2.99. The molecule has 0 heterocycles. The molecule has 2 N–H and O–H groups in total. The predicted molar refractivity (Wildman–Crippen MR) is 93.5 cm³/mol. The van der Waals surface area contributed by atoms with Gasteiger partial charge >= 0.3 is 17.9 Å². The second kappa shape index (κ2) is 9.72. The molecule has 0 aromatic heterocycles. The highest BCUT2D eigenvalue weighted by molar-refractivity contribution is 5.98. The van der Waals surface area contributed by atoms with Crippen molar-refractivity contribution in [2.75, 3.05) is 13.2 Å². The first kappa shape index (κ1) is 21.4. The number of esters is 1. The number of carbonyl (C=O) groups is 3. The second-order valence-corrected chi connectivity index (χ2v) is 5.84. The summed E-state index contributed by atoms with van der Waals surface area (Å²) in [4.78, 5) is 35.6. The van der Waals surface area contributed by atoms with Crippen molar-refractivity contribution >= 4 is 17.9 Å². The molecule has 26 heavy (non-hydrogen) atoms. The maximum absolute atomic E-state index is 12.3. The zero-order chi connectivity index (χ0) is 19.7. The van der Waals surface area contributed by atoms with Crippen LogP contribution in [-0.4, -0.2) is 41.3 Å². The van der Waals surface area contributed by atoms with Crippen LogP contribution in [0.25, 0.3) is 0 Å². The molecular formula is C19H24O7. The van der Waals surface area contributed by atoms with Crippen LogP contribution < -0.4 is 0 Å². The van der Waals surface area contributed by atoms with Gasteiger partial charge < -0.3 is 19.7 Å². The summed E-state index contributed by atoms with van der Waals surface area (Å²) < 4.78 is 10.5. The standard InChI is InChI=1S/C19H24O7/c1-4-25-11-10-19(18(23)24,13(2)17(21)22)12-16(20)26-14(3)15-8-6-5-7-9-15/h5-9,14H,2,4,10-12H2,1,3H3,(H,21,22)(H,23,24). The van der Waals surface area contributed by atoms with Gasteiger partial charge in [0.1, 0.15) is 11.5 Å². The summed E-state index contributed by atoms with van der Waals surface area (Å²) in [6.45, 7) is 7.08. The van der Waals surface area contributed by atoms with Crippen molar-refractivity contribution in [2.45, 2.75) is 32.8 Å². The van der Waals surface area contributed by atoms with Gasteiger partial charge in [0.2, 0.25) is 0 Å². The summed E-state index contributed by atoms with van der Waals surface area (Å²) in [6.07, 6.45) is -1.44. The zero-order valence-electron chi connectivity index (χ0n) is 14.9. The number of rotatable bonds is 11. The number of carbonyl (C=O) groups excluding carboxylic acids is 1. The van der Waals surface area contributed by atoms with Crippen LogP contribution in [0.4, 0.5) is 0 Å². The maximum atomic E-state index is 12.3. The fourth-order valence-corrected chi connectivity index (χ4v) is 2.53. The maximum Gasteiger partial charge on any atom is 0.332 e. The molecule has 0 aliphatic carbocycles. The molecule has 1 aromatic carbocycles. The minimum absolute atomic E-state index is 0.0172. The van der Waals surface area contributed by atoms with Gasteiger partial charge in [-0.05, 0) is 25.8 Å². The van der Waals surface area contributed by atoms with Crippen molar-refractivity contribution < 1.29 is 34.1 Å². The number of aliphatic carboxylic acids is 2. The lowest BCUT2D eigenvalue weighted by molar-refractivity contribution is -0.161. The van der Waals surface area contributed by atoms with E-state index in [0.29, 0.717) is 6.61 Å². The van der Waals surface area contributed by atoms with E-state index in [-0.39, 0.29) is 13.0 Å². The average Bonchev–Trinajstić information content (AvgIpc) is 2.60. The molecule has 2 unspecified atom stereocenters. The number of hydrogen-bond donors (Lipinski definition) is 2. The topological polar surface area (TPSA) is 110 Å². The molecule has 0 saturated heterocycles. The first-order chi connectivity index (χ1) is 12.2. The molecule has 142 valence electrons. The largest absolute Gasteiger partial charge is 0.481 e. The smallest absolute Gasteiger partial charge is 0.332 e. The van der Waals surface area contributed by atoms with Crippen LogP contribution in [-0.2, 0) is 23.9 Å². The van der Waals surface area contributed by atoms with Crippen molar-refractivity contribution in [2.24, 2.45) is 5.41 Å². The first-order valence-corrected chi connectivity index (χ1v) is 8.22. The Labute approximate surface area is 152 Å². The van der Waals surface area contributed by atoms with E-state index >= 15 is 0 Å². The van der Waals surface area contributed by atoms with Crippen LogP contribution >= 0.6 is 0 Å². The fraction of sp³-hybridized carbons (Fsp3) is 0.421. The van der Waals surface area contributed by atoms with Gasteiger partial charge in [-0.3, -0.25) is 9.59 Å². The molecule has 0 saturated carbocycles. The zero-order valence-corrected chi connectivity index (χ0v) is 14.9. The predicted octanol–water partition coefficient (Wildman–Crippen LogP) is 2.82. The van der Waals surface area contributed by atoms with E-state index < -0.39 is 41.4 Å². The third-order valence-electron chi connectivity index (χ3n) is 4.15. The van der Waals surface area contributed by atoms with E-state index in [1.165, 1.54) is 0 Å². The molecular weight excluding hydrogens is 340 g/mol. The van der Waals surface area contributed by atoms with Gasteiger partial charge in [-0.2, -0.15) is 0 Å². The Morgan fingerprint density at radius 1 is 1.19 bits per heavy atom. The molecule has 0 radical (unpaired) electrons. The van der Waals surface area contributed by atoms with Crippen molar-refractivity contribution in [3.05, 3.63) is 48.0 Å². The normalized spacial score (nSPS) is 14.1. The lowest BCUT2D eigenvalue weighted by Gasteiger charge is -2.29. The van der Waals surface area contributed by atoms with E-state index in [2.05, 4.69) is 6.58 Å². The van der Waals surface area contributed by atoms with Gasteiger partial charge in [-0.15, -0.1) is 0 Å². The van der Waals surface area contributed by atoms with Crippen LogP contribution in [0.15, 0.2) is 42.5 Å². The minimum atomic E-state index is -1.99. The van der Waals surface area contributed by atoms with Crippen LogP contribution in [0.3, 0.4) is 0 Å². The molecule has 2 atom stereocenters. The van der Waals surface area contributed by atoms with Gasteiger partial charge in [-0.1, -0.05) is 36.9 Å². The van der Waals surface area contributed by atoms with Gasteiger partial charge in [0.15, 0.2) is 0 Å². The van der Waals surface area contributed by atoms with E-state index in [1.54, 1.807) is 38.1 Å². The Morgan fingerprint density at radius 2 is 1.81 bits per heavy atom. The second-order valence-electron chi connectivity index (χ2n) is 5.84. The molecule has 0 fully saturated rings. The summed E-state index contributed by atoms with van der Waals surface area (Å²) in [5.74, 6) is -3.75. The molecule has 7 nitrogen and oxygen atoms in total. The van der Waals surface area contributed by atoms with Gasteiger partial charge in [0.05, 0.1) is 6.42 Å². The van der Waals surface area contributed by atoms with Crippen LogP contribution in [0.1, 0.15) is 38.4 Å². The van der Waals surface area contributed by atoms with Crippen molar-refractivity contribution in [1.82, 2.24) is 0 Å².